The summed E-state index contributed by atoms with van der Waals surface area (Å²) in [5.41, 5.74) is -1.89. The van der Waals surface area contributed by atoms with Gasteiger partial charge in [-0.3, -0.25) is 0 Å². The summed E-state index contributed by atoms with van der Waals surface area (Å²) >= 11 is 0. The minimum absolute atomic E-state index is 0.149. The van der Waals surface area contributed by atoms with Crippen LogP contribution in [0.5, 0.6) is 0 Å². The summed E-state index contributed by atoms with van der Waals surface area (Å²) in [5.74, 6) is -2.63. The standard InChI is InChI=1S/C32H48N2O12/c1-7-25(35)41-19-31(11-5,20-42-26(36)8-2)23-45-29(39)33-17-15-13-14-16-18-34-30(40)46-24-32(12-6,21-43-27(37)9-3)22-44-28(38)10-4/h7-10H,1-4,11-24H2,5-6H3,(H,33,39)(H,34,40). The molecule has 14 nitrogen and oxygen atoms in total. The molecule has 258 valence electrons. The highest BCUT2D eigenvalue weighted by atomic mass is 16.6. The molecule has 0 aliphatic heterocycles. The number of rotatable bonds is 25. The molecular formula is C32H48N2O12. The maximum absolute atomic E-state index is 12.2. The van der Waals surface area contributed by atoms with Crippen molar-refractivity contribution < 1.29 is 57.2 Å². The molecule has 0 bridgehead atoms. The Balaban J connectivity index is 4.49. The van der Waals surface area contributed by atoms with Gasteiger partial charge in [-0.05, 0) is 25.7 Å². The van der Waals surface area contributed by atoms with Gasteiger partial charge in [-0.2, -0.15) is 0 Å². The van der Waals surface area contributed by atoms with Crippen LogP contribution in [0.15, 0.2) is 50.6 Å². The summed E-state index contributed by atoms with van der Waals surface area (Å²) in [4.78, 5) is 70.6. The van der Waals surface area contributed by atoms with Crippen molar-refractivity contribution in [2.24, 2.45) is 10.8 Å². The lowest BCUT2D eigenvalue weighted by Gasteiger charge is -2.30. The molecule has 0 aliphatic carbocycles. The molecule has 0 aromatic heterocycles. The van der Waals surface area contributed by atoms with Crippen LogP contribution in [0.2, 0.25) is 0 Å². The third-order valence-corrected chi connectivity index (χ3v) is 6.91. The van der Waals surface area contributed by atoms with E-state index in [9.17, 15) is 28.8 Å². The Kier molecular flexibility index (Phi) is 21.3. The van der Waals surface area contributed by atoms with Crippen molar-refractivity contribution in [1.29, 1.82) is 0 Å². The van der Waals surface area contributed by atoms with Crippen LogP contribution in [0.4, 0.5) is 9.59 Å². The highest BCUT2D eigenvalue weighted by molar-refractivity contribution is 5.82. The molecule has 46 heavy (non-hydrogen) atoms. The van der Waals surface area contributed by atoms with E-state index < -0.39 is 46.9 Å². The summed E-state index contributed by atoms with van der Waals surface area (Å²) in [6, 6.07) is 0. The highest BCUT2D eigenvalue weighted by Gasteiger charge is 2.35. The predicted octanol–water partition coefficient (Wildman–Crippen LogP) is 3.71. The first-order valence-electron chi connectivity index (χ1n) is 14.9. The van der Waals surface area contributed by atoms with Crippen LogP contribution in [-0.2, 0) is 47.6 Å². The second kappa shape index (κ2) is 23.7. The SMILES string of the molecule is C=CC(=O)OCC(CC)(COC(=O)C=C)COC(=O)NCCCCCCNC(=O)OCC(CC)(COC(=O)C=C)COC(=O)C=C. The topological polar surface area (TPSA) is 182 Å². The van der Waals surface area contributed by atoms with Crippen molar-refractivity contribution in [1.82, 2.24) is 10.6 Å². The van der Waals surface area contributed by atoms with E-state index in [1.54, 1.807) is 13.8 Å². The van der Waals surface area contributed by atoms with Crippen LogP contribution in [0.25, 0.3) is 0 Å². The van der Waals surface area contributed by atoms with Gasteiger partial charge in [-0.15, -0.1) is 0 Å². The second-order valence-corrected chi connectivity index (χ2v) is 10.4. The predicted molar refractivity (Wildman–Crippen MR) is 167 cm³/mol. The number of hydrogen-bond donors (Lipinski definition) is 2. The van der Waals surface area contributed by atoms with Gasteiger partial charge in [0.1, 0.15) is 39.6 Å². The second-order valence-electron chi connectivity index (χ2n) is 10.4. The van der Waals surface area contributed by atoms with Crippen LogP contribution in [0.3, 0.4) is 0 Å². The molecule has 2 amide bonds. The highest BCUT2D eigenvalue weighted by Crippen LogP contribution is 2.25. The number of esters is 4. The first-order valence-corrected chi connectivity index (χ1v) is 14.9. The number of alkyl carbamates (subject to hydrolysis) is 2. The van der Waals surface area contributed by atoms with Crippen LogP contribution >= 0.6 is 0 Å². The summed E-state index contributed by atoms with van der Waals surface area (Å²) in [6.45, 7) is 16.7. The fraction of sp³-hybridized carbons (Fsp3) is 0.562. The van der Waals surface area contributed by atoms with E-state index in [1.807, 2.05) is 0 Å². The van der Waals surface area contributed by atoms with E-state index in [1.165, 1.54) is 0 Å². The normalized spacial score (nSPS) is 10.7. The third-order valence-electron chi connectivity index (χ3n) is 6.91. The largest absolute Gasteiger partial charge is 0.462 e. The summed E-state index contributed by atoms with van der Waals surface area (Å²) < 4.78 is 31.1. The molecule has 0 spiro atoms. The van der Waals surface area contributed by atoms with Gasteiger partial charge in [0, 0.05) is 37.4 Å². The molecule has 14 heteroatoms. The van der Waals surface area contributed by atoms with Crippen molar-refractivity contribution in [3.05, 3.63) is 50.6 Å². The lowest BCUT2D eigenvalue weighted by Crippen LogP contribution is -2.40. The molecule has 2 N–H and O–H groups in total. The molecule has 0 heterocycles. The van der Waals surface area contributed by atoms with Crippen molar-refractivity contribution in [2.75, 3.05) is 52.7 Å². The smallest absolute Gasteiger partial charge is 0.407 e. The number of carbonyl (C=O) groups is 6. The third kappa shape index (κ3) is 18.2. The number of amides is 2. The fourth-order valence-electron chi connectivity index (χ4n) is 3.52. The Morgan fingerprint density at radius 1 is 0.478 bits per heavy atom. The molecule has 0 aromatic carbocycles. The molecule has 0 unspecified atom stereocenters. The van der Waals surface area contributed by atoms with E-state index in [4.69, 9.17) is 28.4 Å². The maximum atomic E-state index is 12.2. The Morgan fingerprint density at radius 3 is 0.978 bits per heavy atom. The maximum Gasteiger partial charge on any atom is 0.407 e. The van der Waals surface area contributed by atoms with Crippen molar-refractivity contribution in [3.63, 3.8) is 0 Å². The van der Waals surface area contributed by atoms with Gasteiger partial charge in [0.15, 0.2) is 0 Å². The van der Waals surface area contributed by atoms with Crippen molar-refractivity contribution in [3.8, 4) is 0 Å². The average Bonchev–Trinajstić information content (AvgIpc) is 3.08. The van der Waals surface area contributed by atoms with Crippen LogP contribution < -0.4 is 10.6 Å². The molecule has 0 atom stereocenters. The van der Waals surface area contributed by atoms with Crippen LogP contribution in [-0.4, -0.2) is 88.8 Å². The van der Waals surface area contributed by atoms with E-state index in [0.29, 0.717) is 38.8 Å². The number of unbranched alkanes of at least 4 members (excludes halogenated alkanes) is 3. The van der Waals surface area contributed by atoms with Gasteiger partial charge >= 0.3 is 36.1 Å². The Labute approximate surface area is 270 Å². The minimum atomic E-state index is -0.947. The molecule has 0 saturated heterocycles. The van der Waals surface area contributed by atoms with Gasteiger partial charge in [-0.25, -0.2) is 28.8 Å². The van der Waals surface area contributed by atoms with E-state index >= 15 is 0 Å². The molecular weight excluding hydrogens is 604 g/mol. The lowest BCUT2D eigenvalue weighted by atomic mass is 9.88. The number of hydrogen-bond acceptors (Lipinski definition) is 12. The van der Waals surface area contributed by atoms with Crippen LogP contribution in [0, 0.1) is 10.8 Å². The van der Waals surface area contributed by atoms with E-state index in [2.05, 4.69) is 36.9 Å². The van der Waals surface area contributed by atoms with E-state index in [-0.39, 0.29) is 39.6 Å². The number of carbonyl (C=O) groups excluding carboxylic acids is 6. The van der Waals surface area contributed by atoms with Crippen molar-refractivity contribution >= 4 is 36.1 Å². The minimum Gasteiger partial charge on any atom is -0.462 e. The monoisotopic (exact) mass is 652 g/mol. The summed E-state index contributed by atoms with van der Waals surface area (Å²) in [5, 5.41) is 5.29. The quantitative estimate of drug-likeness (QED) is 0.0632. The van der Waals surface area contributed by atoms with Crippen LogP contribution in [0.1, 0.15) is 52.4 Å². The average molecular weight is 653 g/mol. The number of ether oxygens (including phenoxy) is 6. The summed E-state index contributed by atoms with van der Waals surface area (Å²) in [7, 11) is 0. The van der Waals surface area contributed by atoms with Gasteiger partial charge in [0.25, 0.3) is 0 Å². The fourth-order valence-corrected chi connectivity index (χ4v) is 3.52. The molecule has 0 aliphatic rings. The Bertz CT molecular complexity index is 926. The Morgan fingerprint density at radius 2 is 0.739 bits per heavy atom. The molecule has 0 saturated carbocycles. The van der Waals surface area contributed by atoms with Gasteiger partial charge in [0.05, 0.1) is 10.8 Å². The van der Waals surface area contributed by atoms with Crippen molar-refractivity contribution in [2.45, 2.75) is 52.4 Å². The lowest BCUT2D eigenvalue weighted by molar-refractivity contribution is -0.152. The van der Waals surface area contributed by atoms with Gasteiger partial charge in [0.2, 0.25) is 0 Å². The number of nitrogens with one attached hydrogen (secondary N) is 2. The zero-order chi connectivity index (χ0) is 34.8. The summed E-state index contributed by atoms with van der Waals surface area (Å²) in [6.07, 6.45) is 6.25. The zero-order valence-electron chi connectivity index (χ0n) is 26.9. The molecule has 0 aromatic rings. The van der Waals surface area contributed by atoms with E-state index in [0.717, 1.165) is 37.1 Å². The zero-order valence-corrected chi connectivity index (χ0v) is 26.9. The first-order chi connectivity index (χ1) is 21.9. The molecule has 0 radical (unpaired) electrons. The van der Waals surface area contributed by atoms with Gasteiger partial charge < -0.3 is 39.1 Å². The van der Waals surface area contributed by atoms with Gasteiger partial charge in [-0.1, -0.05) is 53.0 Å². The first kappa shape index (κ1) is 41.4. The molecule has 0 rings (SSSR count). The Hall–Kier alpha value is -4.62. The molecule has 0 fully saturated rings.